The van der Waals surface area contributed by atoms with Crippen molar-refractivity contribution in [2.75, 3.05) is 28.4 Å². The zero-order chi connectivity index (χ0) is 28.7. The van der Waals surface area contributed by atoms with Crippen LogP contribution in [0.15, 0.2) is 66.5 Å². The van der Waals surface area contributed by atoms with Crippen LogP contribution in [-0.4, -0.2) is 65.5 Å². The first-order chi connectivity index (χ1) is 18.6. The van der Waals surface area contributed by atoms with E-state index in [2.05, 4.69) is 5.10 Å². The molecule has 11 nitrogen and oxygen atoms in total. The predicted molar refractivity (Wildman–Crippen MR) is 142 cm³/mol. The fourth-order valence-corrected chi connectivity index (χ4v) is 4.00. The van der Waals surface area contributed by atoms with E-state index in [4.69, 9.17) is 18.9 Å². The number of rotatable bonds is 8. The molecule has 0 spiro atoms. The van der Waals surface area contributed by atoms with E-state index in [1.165, 1.54) is 38.3 Å². The molecule has 1 aliphatic rings. The molecule has 1 aromatic heterocycles. The first-order valence-electron chi connectivity index (χ1n) is 11.6. The Morgan fingerprint density at radius 2 is 1.59 bits per heavy atom. The number of nitrogens with zero attached hydrogens (tertiary/aromatic N) is 2. The highest BCUT2D eigenvalue weighted by atomic mass is 16.5. The van der Waals surface area contributed by atoms with Gasteiger partial charge in [-0.25, -0.2) is 9.48 Å². The summed E-state index contributed by atoms with van der Waals surface area (Å²) in [4.78, 5) is 22.7. The molecule has 0 aliphatic heterocycles. The summed E-state index contributed by atoms with van der Waals surface area (Å²) < 4.78 is 22.5. The number of aliphatic carboxylic acids is 2. The summed E-state index contributed by atoms with van der Waals surface area (Å²) >= 11 is 0. The number of ether oxygens (including phenoxy) is 4. The maximum Gasteiger partial charge on any atom is 0.331 e. The van der Waals surface area contributed by atoms with E-state index in [9.17, 15) is 24.9 Å². The maximum atomic E-state index is 11.5. The lowest BCUT2D eigenvalue weighted by atomic mass is 9.76. The smallest absolute Gasteiger partial charge is 0.331 e. The molecule has 3 aromatic rings. The molecule has 0 amide bonds. The molecule has 11 heteroatoms. The van der Waals surface area contributed by atoms with Crippen molar-refractivity contribution in [3.05, 3.63) is 72.1 Å². The Kier molecular flexibility index (Phi) is 8.87. The number of phenols is 1. The number of hydrogen-bond donors (Lipinski definition) is 3. The van der Waals surface area contributed by atoms with E-state index in [1.54, 1.807) is 38.3 Å². The molecule has 39 heavy (non-hydrogen) atoms. The van der Waals surface area contributed by atoms with Crippen molar-refractivity contribution >= 4 is 17.5 Å². The van der Waals surface area contributed by atoms with Gasteiger partial charge in [0, 0.05) is 30.1 Å². The van der Waals surface area contributed by atoms with Gasteiger partial charge in [-0.2, -0.15) is 5.10 Å². The van der Waals surface area contributed by atoms with Gasteiger partial charge in [0.05, 0.1) is 39.5 Å². The molecule has 1 unspecified atom stereocenters. The molecular formula is C28H30N2O9. The van der Waals surface area contributed by atoms with Crippen LogP contribution in [0.2, 0.25) is 0 Å². The van der Waals surface area contributed by atoms with Gasteiger partial charge >= 0.3 is 11.9 Å². The van der Waals surface area contributed by atoms with E-state index < -0.39 is 17.4 Å². The van der Waals surface area contributed by atoms with Crippen molar-refractivity contribution in [1.82, 2.24) is 9.78 Å². The number of benzene rings is 2. The fraction of sp³-hybridized carbons (Fsp3) is 0.250. The lowest BCUT2D eigenvalue weighted by molar-refractivity contribution is -0.145. The molecule has 1 heterocycles. The first-order valence-corrected chi connectivity index (χ1v) is 11.6. The average molecular weight is 539 g/mol. The number of carboxylic acids is 2. The summed E-state index contributed by atoms with van der Waals surface area (Å²) in [7, 11) is 6.17. The van der Waals surface area contributed by atoms with Gasteiger partial charge in [0.2, 0.25) is 5.75 Å². The number of carboxylic acid groups (broad SMARTS) is 2. The topological polar surface area (TPSA) is 150 Å². The minimum absolute atomic E-state index is 0.0118. The molecule has 4 rings (SSSR count). The van der Waals surface area contributed by atoms with Crippen LogP contribution in [0.3, 0.4) is 0 Å². The normalized spacial score (nSPS) is 16.1. The predicted octanol–water partition coefficient (Wildman–Crippen LogP) is 4.19. The van der Waals surface area contributed by atoms with Crippen LogP contribution in [0.25, 0.3) is 11.3 Å². The number of carbonyl (C=O) groups is 2. The molecule has 0 fully saturated rings. The van der Waals surface area contributed by atoms with Crippen LogP contribution in [0.1, 0.15) is 18.9 Å². The second-order valence-electron chi connectivity index (χ2n) is 8.69. The molecule has 0 radical (unpaired) electrons. The van der Waals surface area contributed by atoms with Crippen molar-refractivity contribution in [3.63, 3.8) is 0 Å². The Balaban J connectivity index is 0.000000223. The second-order valence-corrected chi connectivity index (χ2v) is 8.69. The minimum atomic E-state index is -1.31. The molecular weight excluding hydrogens is 508 g/mol. The van der Waals surface area contributed by atoms with E-state index in [1.807, 2.05) is 24.4 Å². The van der Waals surface area contributed by atoms with Gasteiger partial charge in [-0.05, 0) is 48.8 Å². The summed E-state index contributed by atoms with van der Waals surface area (Å²) in [5.74, 6) is -0.289. The van der Waals surface area contributed by atoms with Crippen molar-refractivity contribution in [2.45, 2.75) is 13.3 Å². The number of phenolic OH excluding ortho intramolecular Hbond substituents is 1. The summed E-state index contributed by atoms with van der Waals surface area (Å²) in [5, 5.41) is 32.5. The summed E-state index contributed by atoms with van der Waals surface area (Å²) in [6.07, 6.45) is 6.39. The highest BCUT2D eigenvalue weighted by Gasteiger charge is 2.36. The van der Waals surface area contributed by atoms with E-state index >= 15 is 0 Å². The Labute approximate surface area is 225 Å². The van der Waals surface area contributed by atoms with Crippen LogP contribution in [0.4, 0.5) is 0 Å². The Morgan fingerprint density at radius 1 is 0.949 bits per heavy atom. The lowest BCUT2D eigenvalue weighted by Crippen LogP contribution is -2.29. The van der Waals surface area contributed by atoms with Gasteiger partial charge in [0.25, 0.3) is 0 Å². The molecule has 2 aromatic carbocycles. The maximum absolute atomic E-state index is 11.5. The van der Waals surface area contributed by atoms with Crippen molar-refractivity contribution in [1.29, 1.82) is 0 Å². The third-order valence-electron chi connectivity index (χ3n) is 6.06. The van der Waals surface area contributed by atoms with Gasteiger partial charge in [-0.3, -0.25) is 4.79 Å². The van der Waals surface area contributed by atoms with Crippen molar-refractivity contribution < 1.29 is 43.9 Å². The van der Waals surface area contributed by atoms with Gasteiger partial charge in [-0.1, -0.05) is 12.1 Å². The largest absolute Gasteiger partial charge is 0.504 e. The highest BCUT2D eigenvalue weighted by molar-refractivity contribution is 5.96. The van der Waals surface area contributed by atoms with E-state index in [0.29, 0.717) is 28.4 Å². The molecule has 0 bridgehead atoms. The van der Waals surface area contributed by atoms with Gasteiger partial charge < -0.3 is 34.3 Å². The average Bonchev–Trinajstić information content (AvgIpc) is 3.47. The molecule has 206 valence electrons. The van der Waals surface area contributed by atoms with E-state index in [0.717, 1.165) is 5.69 Å². The third-order valence-corrected chi connectivity index (χ3v) is 6.06. The lowest BCUT2D eigenvalue weighted by Gasteiger charge is -2.26. The highest BCUT2D eigenvalue weighted by Crippen LogP contribution is 2.40. The first kappa shape index (κ1) is 28.6. The van der Waals surface area contributed by atoms with Gasteiger partial charge in [0.15, 0.2) is 23.0 Å². The summed E-state index contributed by atoms with van der Waals surface area (Å²) in [6, 6.07) is 10.1. The Hall–Kier alpha value is -4.93. The Morgan fingerprint density at radius 3 is 2.05 bits per heavy atom. The zero-order valence-corrected chi connectivity index (χ0v) is 22.2. The molecule has 1 atom stereocenters. The quantitative estimate of drug-likeness (QED) is 0.381. The standard InChI is InChI=1S/C16H16O6.C12H14N2O3/c1-16(15(20)21)7-10(5-11(8-16)14(18)19)9-3-4-13(22-2)12(17)6-9;1-15-10-7-9(14-6-4-5-13-14)8-11(16-2)12(10)17-3/h3-7,17H,8H2,1-2H3,(H,18,19)(H,20,21);4-8H,1-3H3. The molecule has 0 saturated carbocycles. The van der Waals surface area contributed by atoms with Gasteiger partial charge in [0.1, 0.15) is 0 Å². The second kappa shape index (κ2) is 12.1. The van der Waals surface area contributed by atoms with Crippen LogP contribution in [0, 0.1) is 5.41 Å². The molecule has 0 saturated heterocycles. The number of allylic oxidation sites excluding steroid dienone is 2. The fourth-order valence-electron chi connectivity index (χ4n) is 4.00. The van der Waals surface area contributed by atoms with Crippen LogP contribution in [-0.2, 0) is 9.59 Å². The van der Waals surface area contributed by atoms with Gasteiger partial charge in [-0.15, -0.1) is 0 Å². The Bertz CT molecular complexity index is 1390. The number of hydrogen-bond acceptors (Lipinski definition) is 8. The number of aromatic hydroxyl groups is 1. The van der Waals surface area contributed by atoms with Crippen molar-refractivity contribution in [3.8, 4) is 34.4 Å². The zero-order valence-electron chi connectivity index (χ0n) is 22.2. The third kappa shape index (κ3) is 6.32. The monoisotopic (exact) mass is 538 g/mol. The molecule has 1 aliphatic carbocycles. The number of methoxy groups -OCH3 is 4. The van der Waals surface area contributed by atoms with Crippen molar-refractivity contribution in [2.24, 2.45) is 5.41 Å². The minimum Gasteiger partial charge on any atom is -0.504 e. The van der Waals surface area contributed by atoms with E-state index in [-0.39, 0.29) is 23.5 Å². The van der Waals surface area contributed by atoms with Crippen LogP contribution < -0.4 is 18.9 Å². The molecule has 3 N–H and O–H groups in total. The summed E-state index contributed by atoms with van der Waals surface area (Å²) in [6.45, 7) is 1.47. The van der Waals surface area contributed by atoms with Crippen LogP contribution >= 0.6 is 0 Å². The summed E-state index contributed by atoms with van der Waals surface area (Å²) in [5.41, 5.74) is 0.505. The number of aromatic nitrogens is 2. The SMILES string of the molecule is COc1cc(-n2cccn2)cc(OC)c1OC.COc1ccc(C2=CC(C)(C(=O)O)CC(C(=O)O)=C2)cc1O. The van der Waals surface area contributed by atoms with Crippen LogP contribution in [0.5, 0.6) is 28.7 Å².